The van der Waals surface area contributed by atoms with Gasteiger partial charge in [-0.25, -0.2) is 0 Å². The first-order chi connectivity index (χ1) is 15.1. The summed E-state index contributed by atoms with van der Waals surface area (Å²) < 4.78 is 11.7. The van der Waals surface area contributed by atoms with Gasteiger partial charge in [0.05, 0.1) is 12.7 Å². The van der Waals surface area contributed by atoms with E-state index in [1.807, 2.05) is 0 Å². The van der Waals surface area contributed by atoms with Crippen LogP contribution in [0.1, 0.15) is 67.2 Å². The number of hydrogen-bond acceptors (Lipinski definition) is 3. The van der Waals surface area contributed by atoms with E-state index in [-0.39, 0.29) is 17.9 Å². The van der Waals surface area contributed by atoms with Crippen molar-refractivity contribution in [2.75, 3.05) is 19.8 Å². The first-order valence-electron chi connectivity index (χ1n) is 11.8. The molecular weight excluding hydrogens is 386 g/mol. The monoisotopic (exact) mass is 419 g/mol. The van der Waals surface area contributed by atoms with Gasteiger partial charge in [-0.1, -0.05) is 62.4 Å². The predicted molar refractivity (Wildman–Crippen MR) is 121 cm³/mol. The Morgan fingerprint density at radius 1 is 1.06 bits per heavy atom. The summed E-state index contributed by atoms with van der Waals surface area (Å²) in [7, 11) is 0. The second-order valence-corrected chi connectivity index (χ2v) is 9.66. The third kappa shape index (κ3) is 3.92. The minimum Gasteiger partial charge on any atom is -0.376 e. The summed E-state index contributed by atoms with van der Waals surface area (Å²) in [6.07, 6.45) is 2.90. The van der Waals surface area contributed by atoms with Gasteiger partial charge in [-0.3, -0.25) is 4.79 Å². The third-order valence-electron chi connectivity index (χ3n) is 7.31. The molecule has 1 N–H and O–H groups in total. The molecule has 0 spiro atoms. The Morgan fingerprint density at radius 2 is 1.71 bits per heavy atom. The van der Waals surface area contributed by atoms with Gasteiger partial charge in [0.25, 0.3) is 0 Å². The van der Waals surface area contributed by atoms with Crippen LogP contribution in [0.4, 0.5) is 0 Å². The maximum atomic E-state index is 13.1. The lowest BCUT2D eigenvalue weighted by Crippen LogP contribution is -2.45. The van der Waals surface area contributed by atoms with E-state index in [1.54, 1.807) is 0 Å². The highest BCUT2D eigenvalue weighted by atomic mass is 16.5. The van der Waals surface area contributed by atoms with E-state index in [4.69, 9.17) is 9.47 Å². The molecule has 4 nitrogen and oxygen atoms in total. The Labute approximate surface area is 185 Å². The number of nitrogens with one attached hydrogen (secondary N) is 1. The highest BCUT2D eigenvalue weighted by molar-refractivity contribution is 5.81. The summed E-state index contributed by atoms with van der Waals surface area (Å²) in [5.41, 5.74) is 5.81. The molecule has 4 heteroatoms. The van der Waals surface area contributed by atoms with Crippen LogP contribution < -0.4 is 5.32 Å². The third-order valence-corrected chi connectivity index (χ3v) is 7.31. The molecule has 6 rings (SSSR count). The van der Waals surface area contributed by atoms with Gasteiger partial charge in [0.2, 0.25) is 5.91 Å². The molecule has 2 bridgehead atoms. The minimum atomic E-state index is -0.426. The van der Waals surface area contributed by atoms with Gasteiger partial charge in [0.15, 0.2) is 0 Å². The molecule has 4 aliphatic rings. The SMILES string of the molecule is CC(C)[C@H](OC[C@@H]1CCCO1)C(=O)NC[C@@H]1CC2c3ccccc3C1c1ccccc12. The molecule has 1 heterocycles. The zero-order valence-corrected chi connectivity index (χ0v) is 18.6. The quantitative estimate of drug-likeness (QED) is 0.712. The number of benzene rings is 2. The van der Waals surface area contributed by atoms with Crippen molar-refractivity contribution < 1.29 is 14.3 Å². The number of hydrogen-bond donors (Lipinski definition) is 1. The molecule has 164 valence electrons. The molecule has 1 aliphatic heterocycles. The molecule has 3 aliphatic carbocycles. The normalized spacial score (nSPS) is 27.1. The van der Waals surface area contributed by atoms with Crippen LogP contribution in [0, 0.1) is 11.8 Å². The van der Waals surface area contributed by atoms with E-state index in [9.17, 15) is 4.79 Å². The van der Waals surface area contributed by atoms with Crippen LogP contribution in [-0.4, -0.2) is 37.9 Å². The van der Waals surface area contributed by atoms with Crippen molar-refractivity contribution in [3.8, 4) is 0 Å². The number of rotatable bonds is 7. The standard InChI is InChI=1S/C27H33NO3/c1-17(2)26(31-16-19-8-7-13-30-19)27(29)28-15-18-14-24-20-9-3-5-11-22(20)25(18)23-12-6-4-10-21(23)24/h3-6,9-12,17-19,24-26H,7-8,13-16H2,1-2H3,(H,28,29)/t18-,19-,24?,25?,26-/m0/s1. The van der Waals surface area contributed by atoms with Gasteiger partial charge in [-0.05, 0) is 53.4 Å². The van der Waals surface area contributed by atoms with Crippen LogP contribution in [0.5, 0.6) is 0 Å². The molecule has 0 radical (unpaired) electrons. The summed E-state index contributed by atoms with van der Waals surface area (Å²) in [6, 6.07) is 17.7. The number of fused-ring (bicyclic) bond motifs is 1. The number of carbonyl (C=O) groups is 1. The molecule has 1 saturated heterocycles. The summed E-state index contributed by atoms with van der Waals surface area (Å²) in [4.78, 5) is 13.1. The van der Waals surface area contributed by atoms with Crippen molar-refractivity contribution in [3.05, 3.63) is 70.8 Å². The van der Waals surface area contributed by atoms with Gasteiger partial charge in [0, 0.05) is 25.0 Å². The van der Waals surface area contributed by atoms with Crippen LogP contribution >= 0.6 is 0 Å². The van der Waals surface area contributed by atoms with E-state index < -0.39 is 6.10 Å². The molecule has 0 unspecified atom stereocenters. The lowest BCUT2D eigenvalue weighted by molar-refractivity contribution is -0.138. The average molecular weight is 420 g/mol. The number of carbonyl (C=O) groups excluding carboxylic acids is 1. The molecule has 0 aromatic heterocycles. The smallest absolute Gasteiger partial charge is 0.249 e. The highest BCUT2D eigenvalue weighted by Gasteiger charge is 2.43. The van der Waals surface area contributed by atoms with Crippen molar-refractivity contribution in [1.82, 2.24) is 5.32 Å². The summed E-state index contributed by atoms with van der Waals surface area (Å²) in [6.45, 7) is 6.10. The Balaban J connectivity index is 1.29. The van der Waals surface area contributed by atoms with Crippen molar-refractivity contribution in [2.45, 2.75) is 57.2 Å². The lowest BCUT2D eigenvalue weighted by atomic mass is 9.59. The van der Waals surface area contributed by atoms with Crippen LogP contribution in [0.2, 0.25) is 0 Å². The summed E-state index contributed by atoms with van der Waals surface area (Å²) in [5, 5.41) is 3.25. The number of ether oxygens (including phenoxy) is 2. The first-order valence-corrected chi connectivity index (χ1v) is 11.8. The molecule has 0 saturated carbocycles. The van der Waals surface area contributed by atoms with E-state index in [2.05, 4.69) is 67.7 Å². The van der Waals surface area contributed by atoms with E-state index in [1.165, 1.54) is 22.3 Å². The zero-order chi connectivity index (χ0) is 21.4. The fraction of sp³-hybridized carbons (Fsp3) is 0.519. The Bertz CT molecular complexity index is 886. The molecule has 3 atom stereocenters. The average Bonchev–Trinajstić information content (AvgIpc) is 3.31. The predicted octanol–water partition coefficient (Wildman–Crippen LogP) is 4.62. The minimum absolute atomic E-state index is 0.0102. The second kappa shape index (κ2) is 8.76. The lowest BCUT2D eigenvalue weighted by Gasteiger charge is -2.45. The molecule has 2 aromatic rings. The summed E-state index contributed by atoms with van der Waals surface area (Å²) >= 11 is 0. The fourth-order valence-corrected chi connectivity index (χ4v) is 5.85. The van der Waals surface area contributed by atoms with E-state index >= 15 is 0 Å². The maximum absolute atomic E-state index is 13.1. The van der Waals surface area contributed by atoms with Crippen molar-refractivity contribution in [2.24, 2.45) is 11.8 Å². The topological polar surface area (TPSA) is 47.6 Å². The van der Waals surface area contributed by atoms with Crippen molar-refractivity contribution in [3.63, 3.8) is 0 Å². The molecular formula is C27H33NO3. The van der Waals surface area contributed by atoms with Gasteiger partial charge in [-0.2, -0.15) is 0 Å². The van der Waals surface area contributed by atoms with Crippen molar-refractivity contribution >= 4 is 5.91 Å². The fourth-order valence-electron chi connectivity index (χ4n) is 5.85. The van der Waals surface area contributed by atoms with Gasteiger partial charge >= 0.3 is 0 Å². The molecule has 31 heavy (non-hydrogen) atoms. The Hall–Kier alpha value is -2.17. The summed E-state index contributed by atoms with van der Waals surface area (Å²) in [5.74, 6) is 1.32. The van der Waals surface area contributed by atoms with Crippen LogP contribution in [0.15, 0.2) is 48.5 Å². The molecule has 1 fully saturated rings. The Morgan fingerprint density at radius 3 is 2.29 bits per heavy atom. The Kier molecular flexibility index (Phi) is 5.85. The molecule has 1 amide bonds. The van der Waals surface area contributed by atoms with Crippen LogP contribution in [0.3, 0.4) is 0 Å². The van der Waals surface area contributed by atoms with Gasteiger partial charge < -0.3 is 14.8 Å². The maximum Gasteiger partial charge on any atom is 0.249 e. The van der Waals surface area contributed by atoms with Crippen LogP contribution in [0.25, 0.3) is 0 Å². The van der Waals surface area contributed by atoms with E-state index in [0.717, 1.165) is 25.9 Å². The first kappa shape index (κ1) is 20.7. The van der Waals surface area contributed by atoms with Gasteiger partial charge in [-0.15, -0.1) is 0 Å². The molecule has 2 aromatic carbocycles. The highest BCUT2D eigenvalue weighted by Crippen LogP contribution is 2.55. The second-order valence-electron chi connectivity index (χ2n) is 9.66. The van der Waals surface area contributed by atoms with Crippen molar-refractivity contribution in [1.29, 1.82) is 0 Å². The number of amides is 1. The largest absolute Gasteiger partial charge is 0.376 e. The van der Waals surface area contributed by atoms with Crippen LogP contribution in [-0.2, 0) is 14.3 Å². The van der Waals surface area contributed by atoms with Gasteiger partial charge in [0.1, 0.15) is 6.10 Å². The van der Waals surface area contributed by atoms with E-state index in [0.29, 0.717) is 30.9 Å². The zero-order valence-electron chi connectivity index (χ0n) is 18.6.